The number of carbonyl (C=O) groups is 1. The molecule has 2 heterocycles. The molecule has 0 aliphatic carbocycles. The van der Waals surface area contributed by atoms with Crippen molar-refractivity contribution in [3.05, 3.63) is 10.7 Å². The minimum absolute atomic E-state index is 0.0986. The molecule has 1 saturated heterocycles. The van der Waals surface area contributed by atoms with Gasteiger partial charge in [-0.15, -0.1) is 0 Å². The summed E-state index contributed by atoms with van der Waals surface area (Å²) in [6, 6.07) is -0.198. The number of nitrogens with zero attached hydrogens (tertiary/aromatic N) is 3. The molecule has 1 aliphatic rings. The predicted octanol–water partition coefficient (Wildman–Crippen LogP) is 0.923. The highest BCUT2D eigenvalue weighted by Crippen LogP contribution is 2.23. The van der Waals surface area contributed by atoms with Crippen LogP contribution in [0.25, 0.3) is 0 Å². The average Bonchev–Trinajstić information content (AvgIpc) is 2.64. The largest absolute Gasteiger partial charge is 0.357 e. The monoisotopic (exact) mass is 299 g/mol. The molecule has 0 saturated carbocycles. The predicted molar refractivity (Wildman–Crippen MR) is 68.9 cm³/mol. The maximum Gasteiger partial charge on any atom is 0.244 e. The number of anilines is 2. The SMILES string of the molecule is CNc1ncc(Br)c(NC2CCN(C)C2=O)n1. The van der Waals surface area contributed by atoms with Crippen molar-refractivity contribution in [3.63, 3.8) is 0 Å². The van der Waals surface area contributed by atoms with Gasteiger partial charge in [0.2, 0.25) is 11.9 Å². The summed E-state index contributed by atoms with van der Waals surface area (Å²) in [6.07, 6.45) is 2.45. The van der Waals surface area contributed by atoms with Gasteiger partial charge in [-0.1, -0.05) is 0 Å². The molecule has 17 heavy (non-hydrogen) atoms. The van der Waals surface area contributed by atoms with Gasteiger partial charge in [-0.3, -0.25) is 4.79 Å². The Bertz CT molecular complexity index is 439. The summed E-state index contributed by atoms with van der Waals surface area (Å²) in [5.41, 5.74) is 0. The van der Waals surface area contributed by atoms with Gasteiger partial charge >= 0.3 is 0 Å². The Morgan fingerprint density at radius 1 is 1.59 bits per heavy atom. The van der Waals surface area contributed by atoms with Crippen molar-refractivity contribution in [3.8, 4) is 0 Å². The van der Waals surface area contributed by atoms with Crippen LogP contribution in [0.1, 0.15) is 6.42 Å². The first-order valence-electron chi connectivity index (χ1n) is 5.33. The van der Waals surface area contributed by atoms with Crippen LogP contribution in [0, 0.1) is 0 Å². The Labute approximate surface area is 108 Å². The Balaban J connectivity index is 2.15. The van der Waals surface area contributed by atoms with Crippen LogP contribution in [-0.2, 0) is 4.79 Å². The molecule has 1 aromatic heterocycles. The van der Waals surface area contributed by atoms with Crippen LogP contribution in [0.15, 0.2) is 10.7 Å². The van der Waals surface area contributed by atoms with E-state index in [4.69, 9.17) is 0 Å². The minimum Gasteiger partial charge on any atom is -0.357 e. The first kappa shape index (κ1) is 12.1. The molecule has 1 atom stereocenters. The molecule has 0 spiro atoms. The molecule has 1 unspecified atom stereocenters. The van der Waals surface area contributed by atoms with E-state index in [0.717, 1.165) is 17.4 Å². The summed E-state index contributed by atoms with van der Waals surface area (Å²) in [7, 11) is 3.56. The van der Waals surface area contributed by atoms with Gasteiger partial charge in [-0.25, -0.2) is 4.98 Å². The zero-order valence-electron chi connectivity index (χ0n) is 9.70. The molecule has 1 aromatic rings. The van der Waals surface area contributed by atoms with E-state index in [1.165, 1.54) is 0 Å². The van der Waals surface area contributed by atoms with Gasteiger partial charge in [0.25, 0.3) is 0 Å². The fraction of sp³-hybridized carbons (Fsp3) is 0.500. The van der Waals surface area contributed by atoms with Crippen molar-refractivity contribution in [2.75, 3.05) is 31.3 Å². The third-order valence-corrected chi connectivity index (χ3v) is 3.29. The second-order valence-corrected chi connectivity index (χ2v) is 4.74. The Morgan fingerprint density at radius 3 is 2.94 bits per heavy atom. The van der Waals surface area contributed by atoms with Crippen molar-refractivity contribution in [1.82, 2.24) is 14.9 Å². The Morgan fingerprint density at radius 2 is 2.35 bits per heavy atom. The minimum atomic E-state index is -0.198. The van der Waals surface area contributed by atoms with Gasteiger partial charge < -0.3 is 15.5 Å². The van der Waals surface area contributed by atoms with E-state index in [2.05, 4.69) is 36.5 Å². The maximum absolute atomic E-state index is 11.8. The van der Waals surface area contributed by atoms with E-state index in [0.29, 0.717) is 11.8 Å². The molecule has 1 amide bonds. The number of carbonyl (C=O) groups excluding carboxylic acids is 1. The lowest BCUT2D eigenvalue weighted by Gasteiger charge is -2.14. The maximum atomic E-state index is 11.8. The molecule has 6 nitrogen and oxygen atoms in total. The normalized spacial score (nSPS) is 19.6. The fourth-order valence-electron chi connectivity index (χ4n) is 1.71. The summed E-state index contributed by atoms with van der Waals surface area (Å²) in [6.45, 7) is 0.776. The van der Waals surface area contributed by atoms with Crippen LogP contribution in [-0.4, -0.2) is 47.5 Å². The van der Waals surface area contributed by atoms with Gasteiger partial charge in [0.1, 0.15) is 11.9 Å². The Hall–Kier alpha value is -1.37. The zero-order chi connectivity index (χ0) is 12.4. The van der Waals surface area contributed by atoms with Crippen LogP contribution in [0.4, 0.5) is 11.8 Å². The van der Waals surface area contributed by atoms with E-state index in [9.17, 15) is 4.79 Å². The number of hydrogen-bond acceptors (Lipinski definition) is 5. The molecule has 92 valence electrons. The second-order valence-electron chi connectivity index (χ2n) is 3.89. The van der Waals surface area contributed by atoms with Gasteiger partial charge in [0.05, 0.1) is 4.47 Å². The molecule has 7 heteroatoms. The number of hydrogen-bond donors (Lipinski definition) is 2. The van der Waals surface area contributed by atoms with Crippen molar-refractivity contribution in [2.45, 2.75) is 12.5 Å². The first-order chi connectivity index (χ1) is 8.11. The van der Waals surface area contributed by atoms with Crippen LogP contribution < -0.4 is 10.6 Å². The lowest BCUT2D eigenvalue weighted by Crippen LogP contribution is -2.31. The standard InChI is InChI=1S/C10H14BrN5O/c1-12-10-13-5-6(11)8(15-10)14-7-3-4-16(2)9(7)17/h5,7H,3-4H2,1-2H3,(H2,12,13,14,15). The van der Waals surface area contributed by atoms with Gasteiger partial charge in [0, 0.05) is 26.8 Å². The summed E-state index contributed by atoms with van der Waals surface area (Å²) >= 11 is 3.36. The second kappa shape index (κ2) is 4.87. The van der Waals surface area contributed by atoms with Crippen molar-refractivity contribution >= 4 is 33.6 Å². The van der Waals surface area contributed by atoms with Gasteiger partial charge in [-0.2, -0.15) is 4.98 Å². The third kappa shape index (κ3) is 2.49. The number of amides is 1. The summed E-state index contributed by atoms with van der Waals surface area (Å²) in [5.74, 6) is 1.26. The van der Waals surface area contributed by atoms with Crippen molar-refractivity contribution in [2.24, 2.45) is 0 Å². The fourth-order valence-corrected chi connectivity index (χ4v) is 2.02. The molecule has 0 bridgehead atoms. The highest BCUT2D eigenvalue weighted by Gasteiger charge is 2.29. The number of rotatable bonds is 3. The lowest BCUT2D eigenvalue weighted by atomic mass is 10.2. The van der Waals surface area contributed by atoms with Crippen molar-refractivity contribution in [1.29, 1.82) is 0 Å². The van der Waals surface area contributed by atoms with E-state index >= 15 is 0 Å². The topological polar surface area (TPSA) is 70.2 Å². The molecule has 2 N–H and O–H groups in total. The highest BCUT2D eigenvalue weighted by molar-refractivity contribution is 9.10. The third-order valence-electron chi connectivity index (χ3n) is 2.71. The Kier molecular flexibility index (Phi) is 3.46. The number of likely N-dealkylation sites (tertiary alicyclic amines) is 1. The van der Waals surface area contributed by atoms with Crippen LogP contribution in [0.3, 0.4) is 0 Å². The summed E-state index contributed by atoms with van der Waals surface area (Å²) in [5, 5.41) is 6.00. The first-order valence-corrected chi connectivity index (χ1v) is 6.13. The molecule has 0 aromatic carbocycles. The summed E-state index contributed by atoms with van der Waals surface area (Å²) in [4.78, 5) is 21.8. The number of aromatic nitrogens is 2. The molecule has 2 rings (SSSR count). The number of halogens is 1. The molecule has 1 aliphatic heterocycles. The zero-order valence-corrected chi connectivity index (χ0v) is 11.3. The smallest absolute Gasteiger partial charge is 0.244 e. The quantitative estimate of drug-likeness (QED) is 0.869. The van der Waals surface area contributed by atoms with Crippen LogP contribution in [0.5, 0.6) is 0 Å². The molecule has 0 radical (unpaired) electrons. The van der Waals surface area contributed by atoms with Crippen molar-refractivity contribution < 1.29 is 4.79 Å². The van der Waals surface area contributed by atoms with E-state index in [1.807, 2.05) is 0 Å². The lowest BCUT2D eigenvalue weighted by molar-refractivity contribution is -0.127. The van der Waals surface area contributed by atoms with E-state index in [-0.39, 0.29) is 11.9 Å². The average molecular weight is 300 g/mol. The van der Waals surface area contributed by atoms with Crippen LogP contribution in [0.2, 0.25) is 0 Å². The van der Waals surface area contributed by atoms with E-state index in [1.54, 1.807) is 25.2 Å². The van der Waals surface area contributed by atoms with E-state index < -0.39 is 0 Å². The summed E-state index contributed by atoms with van der Waals surface area (Å²) < 4.78 is 0.749. The molecular formula is C10H14BrN5O. The van der Waals surface area contributed by atoms with Crippen LogP contribution >= 0.6 is 15.9 Å². The molecular weight excluding hydrogens is 286 g/mol. The highest BCUT2D eigenvalue weighted by atomic mass is 79.9. The van der Waals surface area contributed by atoms with Gasteiger partial charge in [-0.05, 0) is 22.4 Å². The molecule has 1 fully saturated rings. The number of nitrogens with one attached hydrogen (secondary N) is 2. The van der Waals surface area contributed by atoms with Gasteiger partial charge in [0.15, 0.2) is 0 Å². The number of likely N-dealkylation sites (N-methyl/N-ethyl adjacent to an activating group) is 1.